The van der Waals surface area contributed by atoms with E-state index in [1.54, 1.807) is 6.08 Å². The van der Waals surface area contributed by atoms with Gasteiger partial charge in [-0.2, -0.15) is 0 Å². The van der Waals surface area contributed by atoms with E-state index in [2.05, 4.69) is 34.8 Å². The number of halogens is 1. The van der Waals surface area contributed by atoms with E-state index >= 15 is 0 Å². The zero-order valence-corrected chi connectivity index (χ0v) is 11.2. The number of nitrogens with zero attached hydrogens (tertiary/aromatic N) is 1. The summed E-state index contributed by atoms with van der Waals surface area (Å²) in [5.41, 5.74) is 2.00. The molecule has 1 heterocycles. The fourth-order valence-electron chi connectivity index (χ4n) is 1.98. The number of hydrogen-bond donors (Lipinski definition) is 0. The van der Waals surface area contributed by atoms with E-state index in [0.717, 1.165) is 27.1 Å². The molecule has 1 aliphatic rings. The molecule has 0 saturated heterocycles. The Hall–Kier alpha value is -1.32. The second kappa shape index (κ2) is 4.90. The Morgan fingerprint density at radius 2 is 2.18 bits per heavy atom. The Morgan fingerprint density at radius 3 is 2.82 bits per heavy atom. The Kier molecular flexibility index (Phi) is 3.50. The van der Waals surface area contributed by atoms with Gasteiger partial charge < -0.3 is 9.47 Å². The normalized spacial score (nSPS) is 12.7. The Labute approximate surface area is 108 Å². The van der Waals surface area contributed by atoms with Gasteiger partial charge in [0.2, 0.25) is 12.9 Å². The molecule has 1 aliphatic heterocycles. The first-order valence-electron chi connectivity index (χ1n) is 5.29. The van der Waals surface area contributed by atoms with Crippen LogP contribution in [0.15, 0.2) is 15.5 Å². The predicted molar refractivity (Wildman–Crippen MR) is 66.2 cm³/mol. The van der Waals surface area contributed by atoms with Crippen molar-refractivity contribution in [1.29, 1.82) is 0 Å². The summed E-state index contributed by atoms with van der Waals surface area (Å²) in [5.74, 6) is 1.76. The van der Waals surface area contributed by atoms with Gasteiger partial charge in [0.1, 0.15) is 0 Å². The van der Waals surface area contributed by atoms with E-state index in [4.69, 9.17) is 9.47 Å². The summed E-state index contributed by atoms with van der Waals surface area (Å²) < 4.78 is 11.7. The minimum atomic E-state index is 0.230. The standard InChI is InChI=1S/C12H12BrNO3/c1-7(2)10-8(4-14-5-15)3-9(13)11-12(10)17-6-16-11/h3,7H,4,6H2,1-2H3. The van der Waals surface area contributed by atoms with Crippen LogP contribution in [0.3, 0.4) is 0 Å². The van der Waals surface area contributed by atoms with Crippen LogP contribution >= 0.6 is 15.9 Å². The van der Waals surface area contributed by atoms with Crippen molar-refractivity contribution in [3.05, 3.63) is 21.7 Å². The maximum atomic E-state index is 10.2. The van der Waals surface area contributed by atoms with Gasteiger partial charge in [0, 0.05) is 5.56 Å². The molecule has 0 N–H and O–H groups in total. The summed E-state index contributed by atoms with van der Waals surface area (Å²) in [4.78, 5) is 13.8. The first-order chi connectivity index (χ1) is 8.15. The molecule has 0 aliphatic carbocycles. The second-order valence-corrected chi connectivity index (χ2v) is 4.91. The summed E-state index contributed by atoms with van der Waals surface area (Å²) in [6.07, 6.45) is 1.56. The zero-order valence-electron chi connectivity index (χ0n) is 9.62. The molecule has 0 bridgehead atoms. The molecule has 2 rings (SSSR count). The quantitative estimate of drug-likeness (QED) is 0.636. The van der Waals surface area contributed by atoms with Crippen molar-refractivity contribution >= 4 is 22.0 Å². The molecule has 0 spiro atoms. The Morgan fingerprint density at radius 1 is 1.47 bits per heavy atom. The number of carbonyl (C=O) groups excluding carboxylic acids is 1. The lowest BCUT2D eigenvalue weighted by atomic mass is 9.95. The number of aliphatic imine (C=N–C) groups is 1. The van der Waals surface area contributed by atoms with Gasteiger partial charge in [-0.25, -0.2) is 9.79 Å². The lowest BCUT2D eigenvalue weighted by Crippen LogP contribution is -1.99. The Bertz CT molecular complexity index is 493. The number of fused-ring (bicyclic) bond motifs is 1. The molecule has 17 heavy (non-hydrogen) atoms. The summed E-state index contributed by atoms with van der Waals surface area (Å²) in [7, 11) is 0. The number of hydrogen-bond acceptors (Lipinski definition) is 4. The molecule has 1 aromatic rings. The van der Waals surface area contributed by atoms with Gasteiger partial charge in [0.25, 0.3) is 0 Å². The van der Waals surface area contributed by atoms with E-state index < -0.39 is 0 Å². The third-order valence-corrected chi connectivity index (χ3v) is 3.20. The summed E-state index contributed by atoms with van der Waals surface area (Å²) >= 11 is 3.43. The van der Waals surface area contributed by atoms with E-state index in [-0.39, 0.29) is 12.7 Å². The molecule has 0 amide bonds. The molecule has 0 fully saturated rings. The van der Waals surface area contributed by atoms with Crippen LogP contribution in [0.2, 0.25) is 0 Å². The fraction of sp³-hybridized carbons (Fsp3) is 0.417. The fourth-order valence-corrected chi connectivity index (χ4v) is 2.55. The van der Waals surface area contributed by atoms with Crippen molar-refractivity contribution in [2.45, 2.75) is 26.3 Å². The molecule has 5 heteroatoms. The topological polar surface area (TPSA) is 47.9 Å². The first-order valence-corrected chi connectivity index (χ1v) is 6.09. The third-order valence-electron chi connectivity index (χ3n) is 2.61. The highest BCUT2D eigenvalue weighted by Gasteiger charge is 2.25. The molecule has 90 valence electrons. The average molecular weight is 298 g/mol. The molecular weight excluding hydrogens is 286 g/mol. The van der Waals surface area contributed by atoms with Crippen molar-refractivity contribution < 1.29 is 14.3 Å². The van der Waals surface area contributed by atoms with Crippen molar-refractivity contribution in [2.75, 3.05) is 6.79 Å². The summed E-state index contributed by atoms with van der Waals surface area (Å²) in [6, 6.07) is 1.92. The van der Waals surface area contributed by atoms with Gasteiger partial charge in [0.05, 0.1) is 11.0 Å². The van der Waals surface area contributed by atoms with Crippen LogP contribution in [0, 0.1) is 0 Å². The van der Waals surface area contributed by atoms with Gasteiger partial charge >= 0.3 is 0 Å². The average Bonchev–Trinajstić information content (AvgIpc) is 2.74. The van der Waals surface area contributed by atoms with Gasteiger partial charge in [-0.05, 0) is 33.5 Å². The number of isocyanates is 1. The molecule has 0 saturated carbocycles. The summed E-state index contributed by atoms with van der Waals surface area (Å²) in [5, 5.41) is 0. The first kappa shape index (κ1) is 12.1. The number of ether oxygens (including phenoxy) is 2. The van der Waals surface area contributed by atoms with Crippen LogP contribution in [0.25, 0.3) is 0 Å². The second-order valence-electron chi connectivity index (χ2n) is 4.06. The highest BCUT2D eigenvalue weighted by molar-refractivity contribution is 9.10. The van der Waals surface area contributed by atoms with Gasteiger partial charge in [-0.1, -0.05) is 13.8 Å². The maximum Gasteiger partial charge on any atom is 0.235 e. The molecule has 0 atom stereocenters. The largest absolute Gasteiger partial charge is 0.453 e. The van der Waals surface area contributed by atoms with E-state index in [9.17, 15) is 4.79 Å². The summed E-state index contributed by atoms with van der Waals surface area (Å²) in [6.45, 7) is 4.68. The highest BCUT2D eigenvalue weighted by atomic mass is 79.9. The number of rotatable bonds is 3. The minimum absolute atomic E-state index is 0.230. The van der Waals surface area contributed by atoms with Crippen LogP contribution in [0.1, 0.15) is 30.9 Å². The van der Waals surface area contributed by atoms with Gasteiger partial charge in [0.15, 0.2) is 11.5 Å². The van der Waals surface area contributed by atoms with Gasteiger partial charge in [-0.15, -0.1) is 0 Å². The van der Waals surface area contributed by atoms with Gasteiger partial charge in [-0.3, -0.25) is 0 Å². The monoisotopic (exact) mass is 297 g/mol. The lowest BCUT2D eigenvalue weighted by molar-refractivity contribution is 0.172. The van der Waals surface area contributed by atoms with E-state index in [0.29, 0.717) is 6.54 Å². The molecule has 4 nitrogen and oxygen atoms in total. The smallest absolute Gasteiger partial charge is 0.235 e. The Balaban J connectivity index is 2.58. The molecule has 0 aromatic heterocycles. The SMILES string of the molecule is CC(C)c1c(CN=C=O)cc(Br)c2c1OCO2. The zero-order chi connectivity index (χ0) is 12.4. The van der Waals surface area contributed by atoms with Crippen LogP contribution < -0.4 is 9.47 Å². The van der Waals surface area contributed by atoms with Crippen LogP contribution in [0.5, 0.6) is 11.5 Å². The van der Waals surface area contributed by atoms with Crippen molar-refractivity contribution in [1.82, 2.24) is 0 Å². The van der Waals surface area contributed by atoms with E-state index in [1.807, 2.05) is 6.07 Å². The minimum Gasteiger partial charge on any atom is -0.453 e. The lowest BCUT2D eigenvalue weighted by Gasteiger charge is -2.15. The van der Waals surface area contributed by atoms with Crippen LogP contribution in [-0.4, -0.2) is 12.9 Å². The van der Waals surface area contributed by atoms with Crippen LogP contribution in [-0.2, 0) is 11.3 Å². The highest BCUT2D eigenvalue weighted by Crippen LogP contribution is 2.46. The van der Waals surface area contributed by atoms with Crippen molar-refractivity contribution in [3.8, 4) is 11.5 Å². The predicted octanol–water partition coefficient (Wildman–Crippen LogP) is 3.14. The van der Waals surface area contributed by atoms with Crippen molar-refractivity contribution in [2.24, 2.45) is 4.99 Å². The maximum absolute atomic E-state index is 10.2. The molecule has 1 aromatic carbocycles. The number of benzene rings is 1. The molecule has 0 unspecified atom stereocenters. The van der Waals surface area contributed by atoms with Crippen LogP contribution in [0.4, 0.5) is 0 Å². The molecule has 0 radical (unpaired) electrons. The van der Waals surface area contributed by atoms with Crippen molar-refractivity contribution in [3.63, 3.8) is 0 Å². The molecular formula is C12H12BrNO3. The third kappa shape index (κ3) is 2.21. The van der Waals surface area contributed by atoms with E-state index in [1.165, 1.54) is 0 Å².